The Morgan fingerprint density at radius 2 is 2.36 bits per heavy atom. The van der Waals surface area contributed by atoms with Gasteiger partial charge in [0, 0.05) is 6.54 Å². The van der Waals surface area contributed by atoms with Crippen LogP contribution < -0.4 is 10.1 Å². The molecule has 4 heteroatoms. The van der Waals surface area contributed by atoms with E-state index in [1.165, 1.54) is 0 Å². The lowest BCUT2D eigenvalue weighted by atomic mass is 10.2. The van der Waals surface area contributed by atoms with E-state index in [2.05, 4.69) is 5.32 Å². The Balaban J connectivity index is 2.37. The highest BCUT2D eigenvalue weighted by molar-refractivity contribution is 5.89. The van der Waals surface area contributed by atoms with Crippen LogP contribution >= 0.6 is 0 Å². The Morgan fingerprint density at radius 1 is 1.50 bits per heavy atom. The van der Waals surface area contributed by atoms with Gasteiger partial charge in [0.05, 0.1) is 17.9 Å². The summed E-state index contributed by atoms with van der Waals surface area (Å²) in [5.41, 5.74) is 1.12. The number of hydrogen-bond acceptors (Lipinski definition) is 3. The molecule has 0 aromatic heterocycles. The normalized spacial score (nSPS) is 14.6. The second-order valence-corrected chi connectivity index (χ2v) is 3.14. The van der Waals surface area contributed by atoms with Gasteiger partial charge in [-0.25, -0.2) is 4.79 Å². The third kappa shape index (κ3) is 1.64. The number of aromatic carboxylic acids is 1. The third-order valence-corrected chi connectivity index (χ3v) is 2.12. The molecule has 0 atom stereocenters. The molecule has 0 radical (unpaired) electrons. The average molecular weight is 193 g/mol. The molecule has 2 rings (SSSR count). The highest BCUT2D eigenvalue weighted by atomic mass is 16.5. The molecular weight excluding hydrogens is 182 g/mol. The van der Waals surface area contributed by atoms with Gasteiger partial charge in [0.2, 0.25) is 0 Å². The number of carboxylic acid groups (broad SMARTS) is 1. The zero-order chi connectivity index (χ0) is 9.97. The van der Waals surface area contributed by atoms with Gasteiger partial charge >= 0.3 is 5.97 Å². The van der Waals surface area contributed by atoms with Gasteiger partial charge in [-0.3, -0.25) is 0 Å². The molecule has 1 aliphatic rings. The summed E-state index contributed by atoms with van der Waals surface area (Å²) in [6.45, 7) is 1.49. The Labute approximate surface area is 81.5 Å². The zero-order valence-corrected chi connectivity index (χ0v) is 7.62. The van der Waals surface area contributed by atoms with E-state index in [1.807, 2.05) is 0 Å². The summed E-state index contributed by atoms with van der Waals surface area (Å²) < 4.78 is 5.41. The van der Waals surface area contributed by atoms with Gasteiger partial charge in [-0.05, 0) is 24.6 Å². The number of carbonyl (C=O) groups is 1. The first-order chi connectivity index (χ1) is 6.77. The molecular formula is C10H11NO3. The first kappa shape index (κ1) is 8.87. The van der Waals surface area contributed by atoms with E-state index in [0.717, 1.165) is 18.7 Å². The fourth-order valence-electron chi connectivity index (χ4n) is 1.40. The fraction of sp³-hybridized carbons (Fsp3) is 0.300. The molecule has 0 spiro atoms. The van der Waals surface area contributed by atoms with Crippen LogP contribution in [-0.4, -0.2) is 24.2 Å². The van der Waals surface area contributed by atoms with E-state index in [-0.39, 0.29) is 5.56 Å². The lowest BCUT2D eigenvalue weighted by Gasteiger charge is -2.07. The molecule has 0 saturated heterocycles. The molecule has 0 aliphatic carbocycles. The van der Waals surface area contributed by atoms with Crippen molar-refractivity contribution in [2.24, 2.45) is 0 Å². The minimum atomic E-state index is -0.930. The van der Waals surface area contributed by atoms with Crippen molar-refractivity contribution in [2.75, 3.05) is 18.5 Å². The minimum Gasteiger partial charge on any atom is -0.491 e. The van der Waals surface area contributed by atoms with E-state index in [1.54, 1.807) is 18.2 Å². The quantitative estimate of drug-likeness (QED) is 0.710. The maximum absolute atomic E-state index is 10.7. The highest BCUT2D eigenvalue weighted by Crippen LogP contribution is 2.27. The van der Waals surface area contributed by atoms with Crippen molar-refractivity contribution >= 4 is 11.7 Å². The number of carboxylic acids is 1. The summed E-state index contributed by atoms with van der Waals surface area (Å²) in [6.07, 6.45) is 0.928. The van der Waals surface area contributed by atoms with Gasteiger partial charge in [0.1, 0.15) is 5.75 Å². The number of hydrogen-bond donors (Lipinski definition) is 2. The minimum absolute atomic E-state index is 0.257. The number of nitrogens with one attached hydrogen (secondary N) is 1. The molecule has 1 heterocycles. The SMILES string of the molecule is O=C(O)c1ccc2c(c1)OCCCN2. The van der Waals surface area contributed by atoms with Crippen LogP contribution in [0, 0.1) is 0 Å². The average Bonchev–Trinajstić information content (AvgIpc) is 2.41. The second-order valence-electron chi connectivity index (χ2n) is 3.14. The molecule has 0 saturated carbocycles. The van der Waals surface area contributed by atoms with E-state index in [0.29, 0.717) is 12.4 Å². The van der Waals surface area contributed by atoms with E-state index in [4.69, 9.17) is 9.84 Å². The van der Waals surface area contributed by atoms with Crippen LogP contribution in [0.3, 0.4) is 0 Å². The third-order valence-electron chi connectivity index (χ3n) is 2.12. The first-order valence-electron chi connectivity index (χ1n) is 4.51. The van der Waals surface area contributed by atoms with Gasteiger partial charge in [0.15, 0.2) is 0 Å². The van der Waals surface area contributed by atoms with E-state index >= 15 is 0 Å². The van der Waals surface area contributed by atoms with Crippen LogP contribution in [0.5, 0.6) is 5.75 Å². The van der Waals surface area contributed by atoms with Crippen LogP contribution in [-0.2, 0) is 0 Å². The van der Waals surface area contributed by atoms with Crippen molar-refractivity contribution in [1.29, 1.82) is 0 Å². The topological polar surface area (TPSA) is 58.6 Å². The molecule has 4 nitrogen and oxygen atoms in total. The fourth-order valence-corrected chi connectivity index (χ4v) is 1.40. The molecule has 1 aromatic carbocycles. The Morgan fingerprint density at radius 3 is 3.14 bits per heavy atom. The summed E-state index contributed by atoms with van der Waals surface area (Å²) in [5, 5.41) is 12.0. The number of rotatable bonds is 1. The number of benzene rings is 1. The lowest BCUT2D eigenvalue weighted by molar-refractivity contribution is 0.0696. The lowest BCUT2D eigenvalue weighted by Crippen LogP contribution is -2.00. The molecule has 74 valence electrons. The number of ether oxygens (including phenoxy) is 1. The van der Waals surface area contributed by atoms with Gasteiger partial charge in [0.25, 0.3) is 0 Å². The monoisotopic (exact) mass is 193 g/mol. The van der Waals surface area contributed by atoms with Gasteiger partial charge < -0.3 is 15.2 Å². The summed E-state index contributed by atoms with van der Waals surface area (Å²) in [6, 6.07) is 4.86. The first-order valence-corrected chi connectivity index (χ1v) is 4.51. The summed E-state index contributed by atoms with van der Waals surface area (Å²) in [4.78, 5) is 10.7. The van der Waals surface area contributed by atoms with E-state index < -0.39 is 5.97 Å². The van der Waals surface area contributed by atoms with Crippen molar-refractivity contribution < 1.29 is 14.6 Å². The largest absolute Gasteiger partial charge is 0.491 e. The molecule has 1 aromatic rings. The number of fused-ring (bicyclic) bond motifs is 1. The molecule has 0 unspecified atom stereocenters. The maximum Gasteiger partial charge on any atom is 0.335 e. The second kappa shape index (κ2) is 3.57. The van der Waals surface area contributed by atoms with E-state index in [9.17, 15) is 4.79 Å². The van der Waals surface area contributed by atoms with Gasteiger partial charge in [-0.15, -0.1) is 0 Å². The molecule has 0 bridgehead atoms. The standard InChI is InChI=1S/C10H11NO3/c12-10(13)7-2-3-8-9(6-7)14-5-1-4-11-8/h2-3,6,11H,1,4-5H2,(H,12,13). The summed E-state index contributed by atoms with van der Waals surface area (Å²) in [7, 11) is 0. The van der Waals surface area contributed by atoms with Crippen LogP contribution in [0.2, 0.25) is 0 Å². The predicted octanol–water partition coefficient (Wildman–Crippen LogP) is 1.58. The molecule has 14 heavy (non-hydrogen) atoms. The Bertz CT molecular complexity index is 362. The van der Waals surface area contributed by atoms with Crippen molar-refractivity contribution in [2.45, 2.75) is 6.42 Å². The smallest absolute Gasteiger partial charge is 0.335 e. The molecule has 0 amide bonds. The Hall–Kier alpha value is -1.71. The maximum atomic E-state index is 10.7. The molecule has 1 aliphatic heterocycles. The molecule has 0 fully saturated rings. The predicted molar refractivity (Wildman–Crippen MR) is 52.0 cm³/mol. The van der Waals surface area contributed by atoms with Gasteiger partial charge in [-0.2, -0.15) is 0 Å². The van der Waals surface area contributed by atoms with Gasteiger partial charge in [-0.1, -0.05) is 0 Å². The summed E-state index contributed by atoms with van der Waals surface area (Å²) in [5.74, 6) is -0.303. The van der Waals surface area contributed by atoms with Crippen molar-refractivity contribution in [3.63, 3.8) is 0 Å². The van der Waals surface area contributed by atoms with Crippen LogP contribution in [0.1, 0.15) is 16.8 Å². The van der Waals surface area contributed by atoms with Crippen LogP contribution in [0.15, 0.2) is 18.2 Å². The zero-order valence-electron chi connectivity index (χ0n) is 7.62. The van der Waals surface area contributed by atoms with Crippen molar-refractivity contribution in [3.8, 4) is 5.75 Å². The van der Waals surface area contributed by atoms with Crippen LogP contribution in [0.25, 0.3) is 0 Å². The summed E-state index contributed by atoms with van der Waals surface area (Å²) >= 11 is 0. The number of anilines is 1. The van der Waals surface area contributed by atoms with Crippen molar-refractivity contribution in [1.82, 2.24) is 0 Å². The highest BCUT2D eigenvalue weighted by Gasteiger charge is 2.11. The Kier molecular flexibility index (Phi) is 2.26. The van der Waals surface area contributed by atoms with Crippen LogP contribution in [0.4, 0.5) is 5.69 Å². The molecule has 2 N–H and O–H groups in total. The van der Waals surface area contributed by atoms with Crippen molar-refractivity contribution in [3.05, 3.63) is 23.8 Å².